The van der Waals surface area contributed by atoms with Crippen molar-refractivity contribution < 1.29 is 28.6 Å². The molecule has 0 aromatic heterocycles. The van der Waals surface area contributed by atoms with Gasteiger partial charge in [0, 0.05) is 12.5 Å². The van der Waals surface area contributed by atoms with Gasteiger partial charge in [0.25, 0.3) is 5.91 Å². The number of nitrogens with zero attached hydrogens (tertiary/aromatic N) is 1. The van der Waals surface area contributed by atoms with Crippen LogP contribution in [0.3, 0.4) is 0 Å². The van der Waals surface area contributed by atoms with Crippen LogP contribution in [0.2, 0.25) is 0 Å². The fraction of sp³-hybridized carbons (Fsp3) is 0.222. The first-order valence-electron chi connectivity index (χ1n) is 11.4. The number of carbonyl (C=O) groups excluding carboxylic acids is 2. The van der Waals surface area contributed by atoms with Gasteiger partial charge >= 0.3 is 12.1 Å². The van der Waals surface area contributed by atoms with Crippen molar-refractivity contribution >= 4 is 23.7 Å². The van der Waals surface area contributed by atoms with E-state index in [1.165, 1.54) is 11.0 Å². The lowest BCUT2D eigenvalue weighted by molar-refractivity contribution is -0.141. The van der Waals surface area contributed by atoms with Crippen LogP contribution in [0, 0.1) is 5.82 Å². The van der Waals surface area contributed by atoms with Crippen molar-refractivity contribution in [3.63, 3.8) is 0 Å². The number of nitrogens with one attached hydrogen (secondary N) is 1. The number of halogens is 1. The van der Waals surface area contributed by atoms with Crippen molar-refractivity contribution in [2.24, 2.45) is 0 Å². The molecule has 1 atom stereocenters. The molecule has 35 heavy (non-hydrogen) atoms. The van der Waals surface area contributed by atoms with Crippen molar-refractivity contribution in [1.29, 1.82) is 0 Å². The predicted octanol–water partition coefficient (Wildman–Crippen LogP) is 4.88. The maximum Gasteiger partial charge on any atom is 0.411 e. The van der Waals surface area contributed by atoms with Gasteiger partial charge in [-0.2, -0.15) is 0 Å². The van der Waals surface area contributed by atoms with Gasteiger partial charge in [0.1, 0.15) is 18.5 Å². The van der Waals surface area contributed by atoms with Gasteiger partial charge in [0.2, 0.25) is 0 Å². The highest BCUT2D eigenvalue weighted by Crippen LogP contribution is 2.44. The third-order valence-corrected chi connectivity index (χ3v) is 6.59. The Morgan fingerprint density at radius 2 is 1.66 bits per heavy atom. The van der Waals surface area contributed by atoms with Gasteiger partial charge < -0.3 is 14.7 Å². The summed E-state index contributed by atoms with van der Waals surface area (Å²) in [4.78, 5) is 38.5. The highest BCUT2D eigenvalue weighted by atomic mass is 19.1. The number of carboxylic acid groups (broad SMARTS) is 1. The first-order chi connectivity index (χ1) is 16.9. The molecule has 1 aliphatic carbocycles. The number of likely N-dealkylation sites (tertiary alicyclic amines) is 1. The molecule has 0 radical (unpaired) electrons. The Morgan fingerprint density at radius 1 is 1.00 bits per heavy atom. The zero-order valence-corrected chi connectivity index (χ0v) is 18.7. The Balaban J connectivity index is 1.33. The van der Waals surface area contributed by atoms with Crippen molar-refractivity contribution in [1.82, 2.24) is 4.90 Å². The third-order valence-electron chi connectivity index (χ3n) is 6.59. The van der Waals surface area contributed by atoms with Gasteiger partial charge in [-0.15, -0.1) is 0 Å². The molecule has 3 aromatic rings. The van der Waals surface area contributed by atoms with Crippen LogP contribution in [0.1, 0.15) is 40.2 Å². The average molecular weight is 474 g/mol. The van der Waals surface area contributed by atoms with Crippen LogP contribution in [0.25, 0.3) is 11.1 Å². The lowest BCUT2D eigenvalue weighted by Gasteiger charge is -2.23. The van der Waals surface area contributed by atoms with Crippen molar-refractivity contribution in [3.05, 3.63) is 89.2 Å². The molecule has 1 saturated heterocycles. The van der Waals surface area contributed by atoms with E-state index in [9.17, 15) is 23.9 Å². The number of carbonyl (C=O) groups is 3. The second-order valence-electron chi connectivity index (χ2n) is 8.64. The smallest absolute Gasteiger partial charge is 0.411 e. The number of hydrogen-bond acceptors (Lipinski definition) is 4. The van der Waals surface area contributed by atoms with E-state index >= 15 is 0 Å². The summed E-state index contributed by atoms with van der Waals surface area (Å²) in [5, 5.41) is 11.9. The van der Waals surface area contributed by atoms with Gasteiger partial charge in [0.15, 0.2) is 0 Å². The highest BCUT2D eigenvalue weighted by molar-refractivity contribution is 6.04. The Bertz CT molecular complexity index is 1280. The number of benzene rings is 3. The molecule has 178 valence electrons. The number of aliphatic carboxylic acids is 1. The van der Waals surface area contributed by atoms with Crippen LogP contribution < -0.4 is 5.32 Å². The molecule has 7 nitrogen and oxygen atoms in total. The number of rotatable bonds is 5. The molecule has 1 aliphatic heterocycles. The lowest BCUT2D eigenvalue weighted by atomic mass is 9.98. The minimum atomic E-state index is -1.11. The average Bonchev–Trinajstić information content (AvgIpc) is 3.47. The van der Waals surface area contributed by atoms with E-state index in [1.807, 2.05) is 48.5 Å². The molecule has 2 N–H and O–H groups in total. The molecule has 5 rings (SSSR count). The number of fused-ring (bicyclic) bond motifs is 3. The monoisotopic (exact) mass is 474 g/mol. The maximum absolute atomic E-state index is 14.0. The lowest BCUT2D eigenvalue weighted by Crippen LogP contribution is -2.40. The Morgan fingerprint density at radius 3 is 2.31 bits per heavy atom. The molecular formula is C27H23FN2O5. The standard InChI is InChI=1S/C27H23FN2O5/c28-16-11-12-23(21(14-16)25(31)30-13-5-10-24(30)26(32)33)29-27(34)35-15-22-19-8-3-1-6-17(19)18-7-2-4-9-20(18)22/h1-4,6-9,11-12,14,22,24H,5,10,13,15H2,(H,29,34)(H,32,33)/t24-/m0/s1. The van der Waals surface area contributed by atoms with Gasteiger partial charge in [-0.3, -0.25) is 10.1 Å². The van der Waals surface area contributed by atoms with Crippen molar-refractivity contribution in [2.75, 3.05) is 18.5 Å². The SMILES string of the molecule is O=C(Nc1ccc(F)cc1C(=O)N1CCC[C@H]1C(=O)O)OCC1c2ccccc2-c2ccccc21. The molecule has 1 heterocycles. The molecule has 0 bridgehead atoms. The zero-order valence-electron chi connectivity index (χ0n) is 18.7. The fourth-order valence-electron chi connectivity index (χ4n) is 4.97. The van der Waals surface area contributed by atoms with Crippen LogP contribution in [-0.2, 0) is 9.53 Å². The number of hydrogen-bond donors (Lipinski definition) is 2. The van der Waals surface area contributed by atoms with Crippen LogP contribution in [-0.4, -0.2) is 47.2 Å². The van der Waals surface area contributed by atoms with Crippen molar-refractivity contribution in [3.8, 4) is 11.1 Å². The van der Waals surface area contributed by atoms with E-state index in [4.69, 9.17) is 4.74 Å². The number of ether oxygens (including phenoxy) is 1. The maximum atomic E-state index is 14.0. The Kier molecular flexibility index (Phi) is 5.94. The van der Waals surface area contributed by atoms with Crippen LogP contribution >= 0.6 is 0 Å². The summed E-state index contributed by atoms with van der Waals surface area (Å²) in [6.07, 6.45) is 0.0716. The summed E-state index contributed by atoms with van der Waals surface area (Å²) in [5.41, 5.74) is 4.27. The van der Waals surface area contributed by atoms with Gasteiger partial charge in [0.05, 0.1) is 11.3 Å². The number of anilines is 1. The van der Waals surface area contributed by atoms with Gasteiger partial charge in [-0.1, -0.05) is 48.5 Å². The normalized spacial score (nSPS) is 16.5. The van der Waals surface area contributed by atoms with Gasteiger partial charge in [-0.05, 0) is 53.3 Å². The molecule has 0 saturated carbocycles. The molecular weight excluding hydrogens is 451 g/mol. The molecule has 0 unspecified atom stereocenters. The highest BCUT2D eigenvalue weighted by Gasteiger charge is 2.35. The summed E-state index contributed by atoms with van der Waals surface area (Å²) in [6, 6.07) is 18.3. The Labute approximate surface area is 201 Å². The number of carboxylic acids is 1. The summed E-state index contributed by atoms with van der Waals surface area (Å²) in [5.74, 6) is -2.57. The summed E-state index contributed by atoms with van der Waals surface area (Å²) in [7, 11) is 0. The molecule has 2 amide bonds. The first-order valence-corrected chi connectivity index (χ1v) is 11.4. The molecule has 1 fully saturated rings. The van der Waals surface area contributed by atoms with E-state index in [1.54, 1.807) is 0 Å². The Hall–Kier alpha value is -4.20. The molecule has 3 aromatic carbocycles. The van der Waals surface area contributed by atoms with E-state index in [-0.39, 0.29) is 30.3 Å². The third kappa shape index (κ3) is 4.23. The second-order valence-corrected chi connectivity index (χ2v) is 8.64. The summed E-state index contributed by atoms with van der Waals surface area (Å²) in [6.45, 7) is 0.328. The van der Waals surface area contributed by atoms with E-state index in [0.29, 0.717) is 12.8 Å². The molecule has 0 spiro atoms. The minimum absolute atomic E-state index is 0.0599. The first kappa shape index (κ1) is 22.6. The fourth-order valence-corrected chi connectivity index (χ4v) is 4.97. The molecule has 8 heteroatoms. The van der Waals surface area contributed by atoms with Crippen LogP contribution in [0.5, 0.6) is 0 Å². The topological polar surface area (TPSA) is 95.9 Å². The zero-order chi connectivity index (χ0) is 24.5. The van der Waals surface area contributed by atoms with E-state index < -0.39 is 29.8 Å². The van der Waals surface area contributed by atoms with Crippen LogP contribution in [0.4, 0.5) is 14.9 Å². The quantitative estimate of drug-likeness (QED) is 0.550. The minimum Gasteiger partial charge on any atom is -0.480 e. The largest absolute Gasteiger partial charge is 0.480 e. The second kappa shape index (κ2) is 9.21. The number of amides is 2. The van der Waals surface area contributed by atoms with E-state index in [0.717, 1.165) is 34.4 Å². The summed E-state index contributed by atoms with van der Waals surface area (Å²) >= 11 is 0. The van der Waals surface area contributed by atoms with Crippen LogP contribution in [0.15, 0.2) is 66.7 Å². The van der Waals surface area contributed by atoms with Crippen molar-refractivity contribution in [2.45, 2.75) is 24.8 Å². The molecule has 2 aliphatic rings. The predicted molar refractivity (Wildman–Crippen MR) is 127 cm³/mol. The summed E-state index contributed by atoms with van der Waals surface area (Å²) < 4.78 is 19.5. The van der Waals surface area contributed by atoms with E-state index in [2.05, 4.69) is 5.32 Å². The van der Waals surface area contributed by atoms with Gasteiger partial charge in [-0.25, -0.2) is 14.0 Å².